The third-order valence-electron chi connectivity index (χ3n) is 5.08. The van der Waals surface area contributed by atoms with Crippen molar-refractivity contribution in [2.75, 3.05) is 4.72 Å². The zero-order chi connectivity index (χ0) is 24.3. The van der Waals surface area contributed by atoms with Crippen molar-refractivity contribution in [1.29, 1.82) is 0 Å². The lowest BCUT2D eigenvalue weighted by molar-refractivity contribution is -0.124. The van der Waals surface area contributed by atoms with E-state index in [1.165, 1.54) is 36.4 Å². The molecule has 1 atom stereocenters. The van der Waals surface area contributed by atoms with E-state index in [-0.39, 0.29) is 10.5 Å². The fourth-order valence-corrected chi connectivity index (χ4v) is 4.47. The quantitative estimate of drug-likeness (QED) is 0.352. The minimum Gasteiger partial charge on any atom is -0.318 e. The summed E-state index contributed by atoms with van der Waals surface area (Å²) in [6.07, 6.45) is 1.55. The number of para-hydroxylation sites is 2. The lowest BCUT2D eigenvalue weighted by Crippen LogP contribution is -2.44. The van der Waals surface area contributed by atoms with Crippen molar-refractivity contribution < 1.29 is 18.0 Å². The lowest BCUT2D eigenvalue weighted by Gasteiger charge is -2.15. The van der Waals surface area contributed by atoms with Crippen LogP contribution in [0.5, 0.6) is 0 Å². The first-order chi connectivity index (χ1) is 16.2. The minimum atomic E-state index is -3.95. The molecular formula is C23H20ClN5O4S. The molecule has 0 saturated carbocycles. The maximum atomic E-state index is 12.7. The Morgan fingerprint density at radius 1 is 0.971 bits per heavy atom. The second-order valence-corrected chi connectivity index (χ2v) is 9.52. The molecule has 4 aromatic rings. The van der Waals surface area contributed by atoms with Gasteiger partial charge in [0.2, 0.25) is 0 Å². The number of aromatic nitrogens is 2. The van der Waals surface area contributed by atoms with Gasteiger partial charge in [-0.2, -0.15) is 0 Å². The fourth-order valence-electron chi connectivity index (χ4n) is 3.24. The maximum absolute atomic E-state index is 12.7. The zero-order valence-electron chi connectivity index (χ0n) is 17.9. The smallest absolute Gasteiger partial charge is 0.269 e. The molecule has 1 unspecified atom stereocenters. The lowest BCUT2D eigenvalue weighted by atomic mass is 10.2. The van der Waals surface area contributed by atoms with Crippen LogP contribution >= 0.6 is 11.6 Å². The van der Waals surface area contributed by atoms with E-state index < -0.39 is 27.9 Å². The molecule has 11 heteroatoms. The van der Waals surface area contributed by atoms with Gasteiger partial charge >= 0.3 is 0 Å². The Hall–Kier alpha value is -3.89. The number of hydrogen-bond acceptors (Lipinski definition) is 5. The van der Waals surface area contributed by atoms with Crippen molar-refractivity contribution in [3.8, 4) is 0 Å². The average molecular weight is 498 g/mol. The summed E-state index contributed by atoms with van der Waals surface area (Å²) < 4.78 is 29.5. The van der Waals surface area contributed by atoms with E-state index in [9.17, 15) is 18.0 Å². The van der Waals surface area contributed by atoms with Crippen LogP contribution in [0.15, 0.2) is 84.0 Å². The number of carbonyl (C=O) groups excluding carboxylic acids is 2. The monoisotopic (exact) mass is 497 g/mol. The Bertz CT molecular complexity index is 1470. The summed E-state index contributed by atoms with van der Waals surface area (Å²) in [5.74, 6) is -1.13. The fraction of sp³-hybridized carbons (Fsp3) is 0.0870. The van der Waals surface area contributed by atoms with Gasteiger partial charge in [-0.1, -0.05) is 29.8 Å². The van der Waals surface area contributed by atoms with E-state index in [1.54, 1.807) is 30.0 Å². The van der Waals surface area contributed by atoms with Crippen LogP contribution in [-0.2, 0) is 14.8 Å². The molecule has 1 heterocycles. The Kier molecular flexibility index (Phi) is 6.53. The Morgan fingerprint density at radius 2 is 1.71 bits per heavy atom. The van der Waals surface area contributed by atoms with Crippen LogP contribution in [0, 0.1) is 0 Å². The van der Waals surface area contributed by atoms with Crippen LogP contribution in [-0.4, -0.2) is 29.8 Å². The number of imidazole rings is 1. The molecule has 0 spiro atoms. The third kappa shape index (κ3) is 5.03. The second kappa shape index (κ2) is 9.54. The molecule has 1 aromatic heterocycles. The summed E-state index contributed by atoms with van der Waals surface area (Å²) >= 11 is 5.83. The van der Waals surface area contributed by atoms with E-state index in [0.717, 1.165) is 11.0 Å². The van der Waals surface area contributed by atoms with E-state index in [0.29, 0.717) is 10.7 Å². The van der Waals surface area contributed by atoms with Crippen molar-refractivity contribution in [2.45, 2.75) is 17.9 Å². The number of sulfonamides is 1. The molecule has 0 bridgehead atoms. The number of anilines is 1. The van der Waals surface area contributed by atoms with Crippen LogP contribution in [0.1, 0.15) is 23.3 Å². The predicted molar refractivity (Wildman–Crippen MR) is 129 cm³/mol. The summed E-state index contributed by atoms with van der Waals surface area (Å²) in [6, 6.07) is 18.3. The zero-order valence-corrected chi connectivity index (χ0v) is 19.5. The Labute approximate surface area is 200 Å². The van der Waals surface area contributed by atoms with Crippen LogP contribution in [0.4, 0.5) is 5.69 Å². The van der Waals surface area contributed by atoms with Crippen LogP contribution in [0.25, 0.3) is 11.0 Å². The number of fused-ring (bicyclic) bond motifs is 1. The molecule has 0 saturated heterocycles. The van der Waals surface area contributed by atoms with Crippen molar-refractivity contribution in [3.05, 3.63) is 89.7 Å². The maximum Gasteiger partial charge on any atom is 0.269 e. The third-order valence-corrected chi connectivity index (χ3v) is 6.71. The molecule has 174 valence electrons. The number of hydrazine groups is 1. The molecule has 0 radical (unpaired) electrons. The van der Waals surface area contributed by atoms with Gasteiger partial charge in [0.15, 0.2) is 0 Å². The summed E-state index contributed by atoms with van der Waals surface area (Å²) in [6.45, 7) is 1.67. The predicted octanol–water partition coefficient (Wildman–Crippen LogP) is 3.51. The van der Waals surface area contributed by atoms with Gasteiger partial charge in [0, 0.05) is 16.3 Å². The highest BCUT2D eigenvalue weighted by Gasteiger charge is 2.20. The number of benzene rings is 3. The molecule has 3 N–H and O–H groups in total. The van der Waals surface area contributed by atoms with Crippen LogP contribution in [0.3, 0.4) is 0 Å². The van der Waals surface area contributed by atoms with Gasteiger partial charge < -0.3 is 4.57 Å². The summed E-state index contributed by atoms with van der Waals surface area (Å²) in [5, 5.41) is 0.471. The number of nitrogens with one attached hydrogen (secondary N) is 3. The van der Waals surface area contributed by atoms with Gasteiger partial charge in [-0.3, -0.25) is 25.2 Å². The first kappa shape index (κ1) is 23.3. The highest BCUT2D eigenvalue weighted by molar-refractivity contribution is 7.92. The number of carbonyl (C=O) groups is 2. The molecule has 0 aliphatic heterocycles. The van der Waals surface area contributed by atoms with Gasteiger partial charge in [0.1, 0.15) is 6.04 Å². The first-order valence-corrected chi connectivity index (χ1v) is 12.0. The van der Waals surface area contributed by atoms with Crippen LogP contribution in [0.2, 0.25) is 5.02 Å². The van der Waals surface area contributed by atoms with Gasteiger partial charge in [0.05, 0.1) is 22.3 Å². The van der Waals surface area contributed by atoms with E-state index in [2.05, 4.69) is 20.6 Å². The summed E-state index contributed by atoms with van der Waals surface area (Å²) in [4.78, 5) is 29.3. The molecule has 34 heavy (non-hydrogen) atoms. The molecule has 0 aliphatic carbocycles. The number of halogens is 1. The summed E-state index contributed by atoms with van der Waals surface area (Å²) in [5.41, 5.74) is 6.60. The Balaban J connectivity index is 1.43. The highest BCUT2D eigenvalue weighted by atomic mass is 35.5. The topological polar surface area (TPSA) is 122 Å². The molecule has 9 nitrogen and oxygen atoms in total. The van der Waals surface area contributed by atoms with Gasteiger partial charge in [0.25, 0.3) is 21.8 Å². The second-order valence-electron chi connectivity index (χ2n) is 7.40. The average Bonchev–Trinajstić information content (AvgIpc) is 3.27. The van der Waals surface area contributed by atoms with Crippen molar-refractivity contribution in [3.63, 3.8) is 0 Å². The van der Waals surface area contributed by atoms with Gasteiger partial charge in [-0.15, -0.1) is 0 Å². The minimum absolute atomic E-state index is 0.0556. The van der Waals surface area contributed by atoms with E-state index in [1.807, 2.05) is 24.3 Å². The number of rotatable bonds is 6. The molecule has 0 fully saturated rings. The number of hydrogen-bond donors (Lipinski definition) is 3. The normalized spacial score (nSPS) is 12.2. The van der Waals surface area contributed by atoms with E-state index in [4.69, 9.17) is 11.6 Å². The molecular weight excluding hydrogens is 478 g/mol. The molecule has 4 rings (SSSR count). The van der Waals surface area contributed by atoms with Gasteiger partial charge in [-0.05, 0) is 61.5 Å². The molecule has 2 amide bonds. The SMILES string of the molecule is CC(C(=O)NNC(=O)c1cccc(S(=O)(=O)Nc2ccc(Cl)cc2)c1)n1cnc2ccccc21. The van der Waals surface area contributed by atoms with Gasteiger partial charge in [-0.25, -0.2) is 13.4 Å². The van der Waals surface area contributed by atoms with Crippen LogP contribution < -0.4 is 15.6 Å². The molecule has 3 aromatic carbocycles. The summed E-state index contributed by atoms with van der Waals surface area (Å²) in [7, 11) is -3.95. The van der Waals surface area contributed by atoms with Crippen molar-refractivity contribution >= 4 is 50.2 Å². The number of amides is 2. The largest absolute Gasteiger partial charge is 0.318 e. The Morgan fingerprint density at radius 3 is 2.47 bits per heavy atom. The standard InChI is InChI=1S/C23H20ClN5O4S/c1-15(29-14-25-20-7-2-3-8-21(20)29)22(30)26-27-23(31)16-5-4-6-19(13-16)34(32,33)28-18-11-9-17(24)10-12-18/h2-15,28H,1H3,(H,26,30)(H,27,31). The molecule has 0 aliphatic rings. The van der Waals surface area contributed by atoms with Crippen molar-refractivity contribution in [1.82, 2.24) is 20.4 Å². The first-order valence-electron chi connectivity index (χ1n) is 10.1. The number of nitrogens with zero attached hydrogens (tertiary/aromatic N) is 2. The van der Waals surface area contributed by atoms with E-state index >= 15 is 0 Å². The highest BCUT2D eigenvalue weighted by Crippen LogP contribution is 2.20. The van der Waals surface area contributed by atoms with Crippen molar-refractivity contribution in [2.24, 2.45) is 0 Å².